The van der Waals surface area contributed by atoms with E-state index in [2.05, 4.69) is 5.32 Å². The third-order valence-corrected chi connectivity index (χ3v) is 7.62. The summed E-state index contributed by atoms with van der Waals surface area (Å²) >= 11 is 0. The Morgan fingerprint density at radius 3 is 2.27 bits per heavy atom. The molecular weight excluding hydrogens is 460 g/mol. The summed E-state index contributed by atoms with van der Waals surface area (Å²) in [5.74, 6) is -2.53. The lowest BCUT2D eigenvalue weighted by atomic mass is 9.97. The number of anilines is 1. The van der Waals surface area contributed by atoms with Crippen LogP contribution < -0.4 is 5.32 Å². The van der Waals surface area contributed by atoms with Crippen molar-refractivity contribution in [2.75, 3.05) is 18.4 Å². The van der Waals surface area contributed by atoms with Crippen LogP contribution in [0.3, 0.4) is 0 Å². The van der Waals surface area contributed by atoms with E-state index in [-0.39, 0.29) is 36.5 Å². The van der Waals surface area contributed by atoms with Gasteiger partial charge in [0.1, 0.15) is 5.82 Å². The third kappa shape index (κ3) is 4.86. The molecule has 0 radical (unpaired) electrons. The summed E-state index contributed by atoms with van der Waals surface area (Å²) in [4.78, 5) is 12.7. The number of nitrogens with one attached hydrogen (secondary N) is 1. The topological polar surface area (TPSA) is 66.5 Å². The Bertz CT molecular complexity index is 1300. The number of hydrogen-bond acceptors (Lipinski definition) is 3. The number of amides is 1. The van der Waals surface area contributed by atoms with Crippen molar-refractivity contribution in [3.05, 3.63) is 72.0 Å². The second-order valence-electron chi connectivity index (χ2n) is 7.87. The van der Waals surface area contributed by atoms with Crippen LogP contribution in [-0.2, 0) is 21.0 Å². The molecule has 1 aliphatic heterocycles. The lowest BCUT2D eigenvalue weighted by Crippen LogP contribution is -2.41. The van der Waals surface area contributed by atoms with Crippen molar-refractivity contribution in [3.63, 3.8) is 0 Å². The number of benzene rings is 3. The highest BCUT2D eigenvalue weighted by atomic mass is 32.2. The molecular formula is C23H20F4N2O3S. The molecule has 3 aromatic rings. The number of alkyl halides is 3. The van der Waals surface area contributed by atoms with Gasteiger partial charge in [-0.25, -0.2) is 12.8 Å². The minimum atomic E-state index is -4.88. The number of sulfonamides is 1. The van der Waals surface area contributed by atoms with Crippen molar-refractivity contribution >= 4 is 32.4 Å². The Kier molecular flexibility index (Phi) is 6.15. The number of fused-ring (bicyclic) bond motifs is 1. The van der Waals surface area contributed by atoms with Crippen molar-refractivity contribution in [1.82, 2.24) is 4.31 Å². The Morgan fingerprint density at radius 1 is 0.939 bits per heavy atom. The maximum absolute atomic E-state index is 13.4. The van der Waals surface area contributed by atoms with E-state index in [1.165, 1.54) is 4.31 Å². The fraction of sp³-hybridized carbons (Fsp3) is 0.261. The van der Waals surface area contributed by atoms with Crippen LogP contribution in [0.15, 0.2) is 65.6 Å². The van der Waals surface area contributed by atoms with Crippen LogP contribution >= 0.6 is 0 Å². The van der Waals surface area contributed by atoms with E-state index in [4.69, 9.17) is 0 Å². The highest BCUT2D eigenvalue weighted by molar-refractivity contribution is 7.89. The summed E-state index contributed by atoms with van der Waals surface area (Å²) in [5, 5.41) is 4.10. The molecule has 5 nitrogen and oxygen atoms in total. The SMILES string of the molecule is O=C(Nc1ccc(F)c(C(F)(F)F)c1)C1CCN(S(=O)(=O)c2ccc3ccccc3c2)CC1. The molecule has 1 fully saturated rings. The molecule has 0 spiro atoms. The zero-order chi connectivity index (χ0) is 23.8. The van der Waals surface area contributed by atoms with Gasteiger partial charge in [0.15, 0.2) is 0 Å². The quantitative estimate of drug-likeness (QED) is 0.533. The number of piperidine rings is 1. The van der Waals surface area contributed by atoms with E-state index in [1.54, 1.807) is 18.2 Å². The number of carbonyl (C=O) groups excluding carboxylic acids is 1. The van der Waals surface area contributed by atoms with Gasteiger partial charge in [0.2, 0.25) is 15.9 Å². The maximum Gasteiger partial charge on any atom is 0.419 e. The van der Waals surface area contributed by atoms with Gasteiger partial charge in [-0.15, -0.1) is 0 Å². The van der Waals surface area contributed by atoms with Crippen molar-refractivity contribution < 1.29 is 30.8 Å². The molecule has 0 bridgehead atoms. The Hall–Kier alpha value is -2.98. The summed E-state index contributed by atoms with van der Waals surface area (Å²) in [7, 11) is -3.75. The summed E-state index contributed by atoms with van der Waals surface area (Å²) in [6.07, 6.45) is -4.45. The normalized spacial score (nSPS) is 16.1. The van der Waals surface area contributed by atoms with E-state index in [1.807, 2.05) is 24.3 Å². The zero-order valence-electron chi connectivity index (χ0n) is 17.3. The molecule has 10 heteroatoms. The molecule has 1 amide bonds. The van der Waals surface area contributed by atoms with E-state index >= 15 is 0 Å². The highest BCUT2D eigenvalue weighted by Crippen LogP contribution is 2.33. The molecule has 0 saturated carbocycles. The van der Waals surface area contributed by atoms with E-state index in [9.17, 15) is 30.8 Å². The Labute approximate surface area is 188 Å². The average molecular weight is 480 g/mol. The fourth-order valence-corrected chi connectivity index (χ4v) is 5.41. The Morgan fingerprint density at radius 2 is 1.61 bits per heavy atom. The van der Waals surface area contributed by atoms with Crippen molar-refractivity contribution in [2.45, 2.75) is 23.9 Å². The van der Waals surface area contributed by atoms with Crippen molar-refractivity contribution in [2.24, 2.45) is 5.92 Å². The van der Waals surface area contributed by atoms with Gasteiger partial charge in [-0.3, -0.25) is 4.79 Å². The van der Waals surface area contributed by atoms with E-state index in [0.717, 1.165) is 16.8 Å². The lowest BCUT2D eigenvalue weighted by molar-refractivity contribution is -0.140. The number of nitrogens with zero attached hydrogens (tertiary/aromatic N) is 1. The summed E-state index contributed by atoms with van der Waals surface area (Å²) in [6.45, 7) is 0.203. The molecule has 1 saturated heterocycles. The molecule has 0 aromatic heterocycles. The first kappa shape index (κ1) is 23.2. The van der Waals surface area contributed by atoms with Gasteiger partial charge in [-0.05, 0) is 53.9 Å². The van der Waals surface area contributed by atoms with Crippen LogP contribution in [0, 0.1) is 11.7 Å². The maximum atomic E-state index is 13.4. The summed E-state index contributed by atoms with van der Waals surface area (Å²) in [5.41, 5.74) is -1.63. The van der Waals surface area contributed by atoms with Gasteiger partial charge in [0, 0.05) is 24.7 Å². The van der Waals surface area contributed by atoms with Crippen LogP contribution in [0.4, 0.5) is 23.2 Å². The van der Waals surface area contributed by atoms with Crippen LogP contribution in [0.2, 0.25) is 0 Å². The average Bonchev–Trinajstić information content (AvgIpc) is 2.79. The summed E-state index contributed by atoms with van der Waals surface area (Å²) in [6, 6.07) is 14.5. The largest absolute Gasteiger partial charge is 0.419 e. The second kappa shape index (κ2) is 8.75. The van der Waals surface area contributed by atoms with Crippen LogP contribution in [0.5, 0.6) is 0 Å². The van der Waals surface area contributed by atoms with Crippen molar-refractivity contribution in [1.29, 1.82) is 0 Å². The molecule has 0 aliphatic carbocycles. The van der Waals surface area contributed by atoms with Gasteiger partial charge in [0.05, 0.1) is 10.5 Å². The number of halogens is 4. The number of rotatable bonds is 4. The molecule has 4 rings (SSSR count). The standard InChI is InChI=1S/C23H20F4N2O3S/c24-21-8-6-18(14-20(21)23(25,26)27)28-22(30)16-9-11-29(12-10-16)33(31,32)19-7-5-15-3-1-2-4-17(15)13-19/h1-8,13-14,16H,9-12H2,(H,28,30). The third-order valence-electron chi connectivity index (χ3n) is 5.72. The lowest BCUT2D eigenvalue weighted by Gasteiger charge is -2.30. The van der Waals surface area contributed by atoms with Gasteiger partial charge in [-0.2, -0.15) is 17.5 Å². The molecule has 0 atom stereocenters. The predicted molar refractivity (Wildman–Crippen MR) is 115 cm³/mol. The van der Waals surface area contributed by atoms with Gasteiger partial charge >= 0.3 is 6.18 Å². The van der Waals surface area contributed by atoms with Gasteiger partial charge in [-0.1, -0.05) is 30.3 Å². The molecule has 0 unspecified atom stereocenters. The van der Waals surface area contributed by atoms with E-state index in [0.29, 0.717) is 12.1 Å². The predicted octanol–water partition coefficient (Wildman–Crippen LogP) is 5.04. The van der Waals surface area contributed by atoms with Gasteiger partial charge in [0.25, 0.3) is 0 Å². The summed E-state index contributed by atoms with van der Waals surface area (Å²) < 4.78 is 79.5. The first-order valence-electron chi connectivity index (χ1n) is 10.2. The number of carbonyl (C=O) groups is 1. The molecule has 33 heavy (non-hydrogen) atoms. The minimum absolute atomic E-state index is 0.102. The molecule has 174 valence electrons. The molecule has 3 aromatic carbocycles. The fourth-order valence-electron chi connectivity index (χ4n) is 3.90. The molecule has 1 aliphatic rings. The monoisotopic (exact) mass is 480 g/mol. The Balaban J connectivity index is 1.42. The first-order chi connectivity index (χ1) is 15.6. The molecule has 1 N–H and O–H groups in total. The molecule has 1 heterocycles. The van der Waals surface area contributed by atoms with E-state index < -0.39 is 39.4 Å². The smallest absolute Gasteiger partial charge is 0.326 e. The van der Waals surface area contributed by atoms with Crippen LogP contribution in [-0.4, -0.2) is 31.7 Å². The first-order valence-corrected chi connectivity index (χ1v) is 11.7. The van der Waals surface area contributed by atoms with Gasteiger partial charge < -0.3 is 5.32 Å². The van der Waals surface area contributed by atoms with Crippen LogP contribution in [0.25, 0.3) is 10.8 Å². The highest BCUT2D eigenvalue weighted by Gasteiger charge is 2.35. The second-order valence-corrected chi connectivity index (χ2v) is 9.81. The van der Waals surface area contributed by atoms with Crippen molar-refractivity contribution in [3.8, 4) is 0 Å². The van der Waals surface area contributed by atoms with Crippen LogP contribution in [0.1, 0.15) is 18.4 Å². The minimum Gasteiger partial charge on any atom is -0.326 e. The zero-order valence-corrected chi connectivity index (χ0v) is 18.1. The number of hydrogen-bond donors (Lipinski definition) is 1.